The molecule has 0 aliphatic carbocycles. The number of benzene rings is 2. The van der Waals surface area contributed by atoms with Gasteiger partial charge in [0, 0.05) is 31.2 Å². The second-order valence-electron chi connectivity index (χ2n) is 7.82. The summed E-state index contributed by atoms with van der Waals surface area (Å²) in [6.45, 7) is 4.63. The molecule has 10 heteroatoms. The Balaban J connectivity index is 1.42. The van der Waals surface area contributed by atoms with E-state index in [1.165, 1.54) is 4.31 Å². The molecule has 0 spiro atoms. The predicted molar refractivity (Wildman–Crippen MR) is 123 cm³/mol. The zero-order valence-electron chi connectivity index (χ0n) is 18.3. The van der Waals surface area contributed by atoms with Crippen LogP contribution in [0.4, 0.5) is 0 Å². The minimum atomic E-state index is -3.61. The van der Waals surface area contributed by atoms with E-state index < -0.39 is 10.0 Å². The van der Waals surface area contributed by atoms with Gasteiger partial charge in [-0.15, -0.1) is 0 Å². The van der Waals surface area contributed by atoms with Gasteiger partial charge in [0.15, 0.2) is 5.69 Å². The Morgan fingerprint density at radius 1 is 1.09 bits per heavy atom. The maximum Gasteiger partial charge on any atom is 0.276 e. The number of sulfonamides is 1. The lowest BCUT2D eigenvalue weighted by Gasteiger charge is -2.33. The monoisotopic (exact) mass is 489 g/mol. The second kappa shape index (κ2) is 9.54. The lowest BCUT2D eigenvalue weighted by molar-refractivity contribution is 0.0685. The van der Waals surface area contributed by atoms with Crippen LogP contribution in [0.3, 0.4) is 0 Å². The van der Waals surface area contributed by atoms with Crippen LogP contribution in [-0.2, 0) is 16.6 Å². The highest BCUT2D eigenvalue weighted by Gasteiger charge is 2.32. The highest BCUT2D eigenvalue weighted by molar-refractivity contribution is 7.89. The summed E-state index contributed by atoms with van der Waals surface area (Å²) < 4.78 is 38.3. The van der Waals surface area contributed by atoms with E-state index in [0.29, 0.717) is 22.1 Å². The zero-order chi connectivity index (χ0) is 23.6. The third kappa shape index (κ3) is 5.05. The number of aromatic nitrogens is 1. The van der Waals surface area contributed by atoms with Gasteiger partial charge < -0.3 is 14.2 Å². The average Bonchev–Trinajstić information content (AvgIpc) is 3.18. The van der Waals surface area contributed by atoms with Crippen molar-refractivity contribution in [1.82, 2.24) is 14.4 Å². The number of hydrogen-bond donors (Lipinski definition) is 0. The van der Waals surface area contributed by atoms with E-state index in [9.17, 15) is 13.2 Å². The van der Waals surface area contributed by atoms with Crippen molar-refractivity contribution in [3.63, 3.8) is 0 Å². The molecular formula is C23H24ClN3O5S. The summed E-state index contributed by atoms with van der Waals surface area (Å²) in [5.74, 6) is 0.737. The molecule has 1 aliphatic rings. The number of rotatable bonds is 6. The fourth-order valence-corrected chi connectivity index (χ4v) is 5.18. The molecule has 0 N–H and O–H groups in total. The first-order valence-corrected chi connectivity index (χ1v) is 12.3. The van der Waals surface area contributed by atoms with Gasteiger partial charge >= 0.3 is 0 Å². The topological polar surface area (TPSA) is 93.0 Å². The SMILES string of the molecule is Cc1ccc(S(=O)(=O)N2CCN(C(=O)c3noc(C)c3COc3cccc(Cl)c3)CC2)cc1. The molecule has 1 fully saturated rings. The highest BCUT2D eigenvalue weighted by Crippen LogP contribution is 2.23. The van der Waals surface area contributed by atoms with Gasteiger partial charge in [-0.1, -0.05) is 40.5 Å². The first-order valence-electron chi connectivity index (χ1n) is 10.5. The summed E-state index contributed by atoms with van der Waals surface area (Å²) in [5, 5.41) is 4.49. The van der Waals surface area contributed by atoms with Gasteiger partial charge in [0.25, 0.3) is 5.91 Å². The Morgan fingerprint density at radius 3 is 2.45 bits per heavy atom. The maximum absolute atomic E-state index is 13.1. The molecule has 0 bridgehead atoms. The second-order valence-corrected chi connectivity index (χ2v) is 10.2. The summed E-state index contributed by atoms with van der Waals surface area (Å²) in [6.07, 6.45) is 0. The lowest BCUT2D eigenvalue weighted by atomic mass is 10.1. The number of carbonyl (C=O) groups excluding carboxylic acids is 1. The fraction of sp³-hybridized carbons (Fsp3) is 0.304. The molecule has 0 saturated carbocycles. The Hall–Kier alpha value is -2.88. The number of aryl methyl sites for hydroxylation is 2. The van der Waals surface area contributed by atoms with Crippen LogP contribution in [-0.4, -0.2) is 54.9 Å². The molecule has 1 saturated heterocycles. The average molecular weight is 490 g/mol. The number of halogens is 1. The molecule has 33 heavy (non-hydrogen) atoms. The molecule has 0 unspecified atom stereocenters. The molecule has 1 amide bonds. The molecule has 0 atom stereocenters. The third-order valence-corrected chi connectivity index (χ3v) is 7.70. The van der Waals surface area contributed by atoms with Crippen LogP contribution in [0.2, 0.25) is 5.02 Å². The summed E-state index contributed by atoms with van der Waals surface area (Å²) in [4.78, 5) is 15.0. The van der Waals surface area contributed by atoms with Gasteiger partial charge in [0.2, 0.25) is 10.0 Å². The third-order valence-electron chi connectivity index (χ3n) is 5.55. The normalized spacial score (nSPS) is 14.9. The van der Waals surface area contributed by atoms with E-state index in [-0.39, 0.29) is 49.3 Å². The molecule has 174 valence electrons. The van der Waals surface area contributed by atoms with Gasteiger partial charge in [-0.3, -0.25) is 4.79 Å². The van der Waals surface area contributed by atoms with E-state index in [0.717, 1.165) is 5.56 Å². The van der Waals surface area contributed by atoms with Gasteiger partial charge in [0.05, 0.1) is 10.5 Å². The van der Waals surface area contributed by atoms with Crippen LogP contribution in [0, 0.1) is 13.8 Å². The number of piperazine rings is 1. The number of hydrogen-bond acceptors (Lipinski definition) is 6. The van der Waals surface area contributed by atoms with Crippen molar-refractivity contribution in [1.29, 1.82) is 0 Å². The minimum absolute atomic E-state index is 0.0958. The molecule has 4 rings (SSSR count). The molecule has 1 aliphatic heterocycles. The number of nitrogens with zero attached hydrogens (tertiary/aromatic N) is 3. The Morgan fingerprint density at radius 2 is 1.79 bits per heavy atom. The van der Waals surface area contributed by atoms with Crippen molar-refractivity contribution < 1.29 is 22.5 Å². The Bertz CT molecular complexity index is 1250. The summed E-state index contributed by atoms with van der Waals surface area (Å²) in [7, 11) is -3.61. The van der Waals surface area contributed by atoms with Crippen LogP contribution in [0.5, 0.6) is 5.75 Å². The molecule has 8 nitrogen and oxygen atoms in total. The van der Waals surface area contributed by atoms with Crippen molar-refractivity contribution in [2.45, 2.75) is 25.3 Å². The van der Waals surface area contributed by atoms with E-state index >= 15 is 0 Å². The van der Waals surface area contributed by atoms with Gasteiger partial charge in [-0.05, 0) is 44.2 Å². The molecule has 1 aromatic heterocycles. The number of ether oxygens (including phenoxy) is 1. The summed E-state index contributed by atoms with van der Waals surface area (Å²) in [5.41, 5.74) is 1.71. The van der Waals surface area contributed by atoms with Crippen molar-refractivity contribution >= 4 is 27.5 Å². The van der Waals surface area contributed by atoms with Gasteiger partial charge in [-0.2, -0.15) is 4.31 Å². The van der Waals surface area contributed by atoms with Crippen LogP contribution < -0.4 is 4.74 Å². The molecule has 3 aromatic rings. The fourth-order valence-electron chi connectivity index (χ4n) is 3.58. The van der Waals surface area contributed by atoms with Gasteiger partial charge in [0.1, 0.15) is 18.1 Å². The Labute approximate surface area is 197 Å². The van der Waals surface area contributed by atoms with E-state index in [4.69, 9.17) is 20.9 Å². The van der Waals surface area contributed by atoms with Crippen molar-refractivity contribution in [2.75, 3.05) is 26.2 Å². The summed E-state index contributed by atoms with van der Waals surface area (Å²) in [6, 6.07) is 13.7. The van der Waals surface area contributed by atoms with E-state index in [1.54, 1.807) is 60.4 Å². The minimum Gasteiger partial charge on any atom is -0.489 e. The van der Waals surface area contributed by atoms with Crippen molar-refractivity contribution in [3.05, 3.63) is 76.1 Å². The van der Waals surface area contributed by atoms with Crippen LogP contribution in [0.1, 0.15) is 27.4 Å². The lowest BCUT2D eigenvalue weighted by Crippen LogP contribution is -2.50. The molecule has 0 radical (unpaired) electrons. The smallest absolute Gasteiger partial charge is 0.276 e. The quantitative estimate of drug-likeness (QED) is 0.524. The first kappa shape index (κ1) is 23.3. The van der Waals surface area contributed by atoms with E-state index in [1.807, 2.05) is 6.92 Å². The molecular weight excluding hydrogens is 466 g/mol. The van der Waals surface area contributed by atoms with Crippen molar-refractivity contribution in [3.8, 4) is 5.75 Å². The number of carbonyl (C=O) groups is 1. The van der Waals surface area contributed by atoms with Gasteiger partial charge in [-0.25, -0.2) is 8.42 Å². The maximum atomic E-state index is 13.1. The van der Waals surface area contributed by atoms with Crippen LogP contribution >= 0.6 is 11.6 Å². The molecule has 2 heterocycles. The van der Waals surface area contributed by atoms with Crippen LogP contribution in [0.25, 0.3) is 0 Å². The summed E-state index contributed by atoms with van der Waals surface area (Å²) >= 11 is 5.99. The van der Waals surface area contributed by atoms with Crippen molar-refractivity contribution in [2.24, 2.45) is 0 Å². The van der Waals surface area contributed by atoms with Crippen LogP contribution in [0.15, 0.2) is 57.9 Å². The number of amides is 1. The Kier molecular flexibility index (Phi) is 6.73. The first-order chi connectivity index (χ1) is 15.8. The predicted octanol–water partition coefficient (Wildman–Crippen LogP) is 3.67. The zero-order valence-corrected chi connectivity index (χ0v) is 19.9. The standard InChI is InChI=1S/C23H24ClN3O5S/c1-16-6-8-20(9-7-16)33(29,30)27-12-10-26(11-13-27)23(28)22-21(17(2)32-25-22)15-31-19-5-3-4-18(24)14-19/h3-9,14H,10-13,15H2,1-2H3. The van der Waals surface area contributed by atoms with E-state index in [2.05, 4.69) is 5.16 Å². The molecule has 2 aromatic carbocycles. The highest BCUT2D eigenvalue weighted by atomic mass is 35.5. The largest absolute Gasteiger partial charge is 0.489 e.